The molecule has 2 aromatic rings. The second kappa shape index (κ2) is 7.83. The highest BCUT2D eigenvalue weighted by Gasteiger charge is 2.37. The van der Waals surface area contributed by atoms with Crippen LogP contribution in [0.5, 0.6) is 0 Å². The maximum Gasteiger partial charge on any atom is 0.253 e. The van der Waals surface area contributed by atoms with Crippen LogP contribution < -0.4 is 0 Å². The summed E-state index contributed by atoms with van der Waals surface area (Å²) in [6.07, 6.45) is 3.89. The first-order chi connectivity index (χ1) is 13.2. The van der Waals surface area contributed by atoms with E-state index in [4.69, 9.17) is 0 Å². The first-order valence-corrected chi connectivity index (χ1v) is 10.0. The number of carbonyl (C=O) groups excluding carboxylic acids is 1. The Labute approximate surface area is 161 Å². The van der Waals surface area contributed by atoms with Crippen molar-refractivity contribution in [1.82, 2.24) is 9.80 Å². The summed E-state index contributed by atoms with van der Waals surface area (Å²) >= 11 is 0. The van der Waals surface area contributed by atoms with Gasteiger partial charge in [-0.2, -0.15) is 0 Å². The van der Waals surface area contributed by atoms with Crippen LogP contribution in [0, 0.1) is 0 Å². The van der Waals surface area contributed by atoms with E-state index in [-0.39, 0.29) is 12.5 Å². The molecule has 1 N–H and O–H groups in total. The minimum absolute atomic E-state index is 0.0244. The molecule has 2 aliphatic heterocycles. The van der Waals surface area contributed by atoms with Gasteiger partial charge in [-0.25, -0.2) is 0 Å². The minimum atomic E-state index is 0.0244. The van der Waals surface area contributed by atoms with E-state index in [0.29, 0.717) is 12.1 Å². The zero-order valence-corrected chi connectivity index (χ0v) is 16.0. The van der Waals surface area contributed by atoms with Crippen LogP contribution in [0.25, 0.3) is 11.1 Å². The molecular weight excluding hydrogens is 336 g/mol. The number of likely N-dealkylation sites (tertiary alicyclic amines) is 2. The lowest BCUT2D eigenvalue weighted by molar-refractivity contribution is 0.00213. The third-order valence-electron chi connectivity index (χ3n) is 6.03. The van der Waals surface area contributed by atoms with E-state index in [1.54, 1.807) is 0 Å². The number of hydrogen-bond donors (Lipinski definition) is 1. The van der Waals surface area contributed by atoms with E-state index in [0.717, 1.165) is 35.3 Å². The van der Waals surface area contributed by atoms with Crippen LogP contribution in [0.4, 0.5) is 0 Å². The maximum atomic E-state index is 12.9. The van der Waals surface area contributed by atoms with Crippen LogP contribution in [0.1, 0.15) is 42.1 Å². The Bertz CT molecular complexity index is 814. The predicted molar refractivity (Wildman–Crippen MR) is 108 cm³/mol. The van der Waals surface area contributed by atoms with E-state index in [9.17, 15) is 9.90 Å². The van der Waals surface area contributed by atoms with Gasteiger partial charge in [-0.1, -0.05) is 36.8 Å². The molecule has 0 aromatic heterocycles. The summed E-state index contributed by atoms with van der Waals surface area (Å²) in [6, 6.07) is 16.8. The van der Waals surface area contributed by atoms with Gasteiger partial charge in [0.15, 0.2) is 0 Å². The zero-order chi connectivity index (χ0) is 18.8. The molecular formula is C23H28N2O2. The van der Waals surface area contributed by atoms with Crippen molar-refractivity contribution in [2.45, 2.75) is 44.9 Å². The fourth-order valence-electron chi connectivity index (χ4n) is 4.36. The highest BCUT2D eigenvalue weighted by atomic mass is 16.3. The third kappa shape index (κ3) is 3.78. The van der Waals surface area contributed by atoms with Gasteiger partial charge in [-0.3, -0.25) is 9.69 Å². The number of carbonyl (C=O) groups is 1. The van der Waals surface area contributed by atoms with Crippen LogP contribution in [0.3, 0.4) is 0 Å². The van der Waals surface area contributed by atoms with Crippen molar-refractivity contribution in [2.24, 2.45) is 0 Å². The second-order valence-corrected chi connectivity index (χ2v) is 7.89. The van der Waals surface area contributed by atoms with Crippen LogP contribution in [0.15, 0.2) is 48.5 Å². The van der Waals surface area contributed by atoms with E-state index in [1.807, 2.05) is 53.4 Å². The molecule has 0 spiro atoms. The number of hydrogen-bond acceptors (Lipinski definition) is 3. The van der Waals surface area contributed by atoms with Gasteiger partial charge in [-0.05, 0) is 61.2 Å². The highest BCUT2D eigenvalue weighted by molar-refractivity contribution is 5.96. The average Bonchev–Trinajstić information content (AvgIpc) is 2.68. The largest absolute Gasteiger partial charge is 0.392 e. The topological polar surface area (TPSA) is 43.8 Å². The molecule has 0 aliphatic carbocycles. The molecule has 0 radical (unpaired) electrons. The summed E-state index contributed by atoms with van der Waals surface area (Å²) in [7, 11) is 0. The van der Waals surface area contributed by atoms with E-state index in [1.165, 1.54) is 25.8 Å². The van der Waals surface area contributed by atoms with Crippen molar-refractivity contribution in [3.05, 3.63) is 59.7 Å². The zero-order valence-electron chi connectivity index (χ0n) is 16.0. The molecule has 2 aromatic carbocycles. The summed E-state index contributed by atoms with van der Waals surface area (Å²) in [5, 5.41) is 9.35. The summed E-state index contributed by atoms with van der Waals surface area (Å²) in [4.78, 5) is 17.5. The number of aliphatic hydroxyl groups excluding tert-OH is 1. The normalized spacial score (nSPS) is 21.1. The molecule has 4 rings (SSSR count). The van der Waals surface area contributed by atoms with Crippen LogP contribution in [0.2, 0.25) is 0 Å². The fraction of sp³-hybridized carbons (Fsp3) is 0.435. The molecule has 27 heavy (non-hydrogen) atoms. The van der Waals surface area contributed by atoms with Crippen LogP contribution in [-0.4, -0.2) is 52.5 Å². The Morgan fingerprint density at radius 1 is 1.07 bits per heavy atom. The van der Waals surface area contributed by atoms with Crippen molar-refractivity contribution in [1.29, 1.82) is 0 Å². The van der Waals surface area contributed by atoms with Gasteiger partial charge >= 0.3 is 0 Å². The number of nitrogens with zero attached hydrogens (tertiary/aromatic N) is 2. The summed E-state index contributed by atoms with van der Waals surface area (Å²) in [5.41, 5.74) is 3.66. The van der Waals surface area contributed by atoms with Crippen LogP contribution in [-0.2, 0) is 6.61 Å². The van der Waals surface area contributed by atoms with Gasteiger partial charge < -0.3 is 10.0 Å². The summed E-state index contributed by atoms with van der Waals surface area (Å²) < 4.78 is 0. The fourth-order valence-corrected chi connectivity index (χ4v) is 4.36. The monoisotopic (exact) mass is 364 g/mol. The molecule has 0 saturated carbocycles. The lowest BCUT2D eigenvalue weighted by atomic mass is 9.96. The molecule has 2 saturated heterocycles. The molecule has 2 heterocycles. The number of piperidine rings is 1. The SMILES string of the molecule is CC1CCCCN1C1CN(C(=O)c2cccc(-c3cccc(CO)c3)c2)C1. The number of rotatable bonds is 4. The van der Waals surface area contributed by atoms with Crippen LogP contribution >= 0.6 is 0 Å². The van der Waals surface area contributed by atoms with E-state index < -0.39 is 0 Å². The molecule has 4 heteroatoms. The Balaban J connectivity index is 1.44. The van der Waals surface area contributed by atoms with Gasteiger partial charge in [-0.15, -0.1) is 0 Å². The highest BCUT2D eigenvalue weighted by Crippen LogP contribution is 2.27. The van der Waals surface area contributed by atoms with Crippen molar-refractivity contribution >= 4 is 5.91 Å². The van der Waals surface area contributed by atoms with Crippen molar-refractivity contribution in [2.75, 3.05) is 19.6 Å². The van der Waals surface area contributed by atoms with Gasteiger partial charge in [0.05, 0.1) is 6.61 Å². The quantitative estimate of drug-likeness (QED) is 0.902. The smallest absolute Gasteiger partial charge is 0.253 e. The lowest BCUT2D eigenvalue weighted by Crippen LogP contribution is -2.63. The standard InChI is InChI=1S/C23H28N2O2/c1-17-6-2-3-11-25(17)22-14-24(15-22)23(27)21-10-5-9-20(13-21)19-8-4-7-18(12-19)16-26/h4-5,7-10,12-13,17,22,26H,2-3,6,11,14-16H2,1H3. The average molecular weight is 364 g/mol. The molecule has 1 amide bonds. The second-order valence-electron chi connectivity index (χ2n) is 7.89. The molecule has 142 valence electrons. The third-order valence-corrected chi connectivity index (χ3v) is 6.03. The lowest BCUT2D eigenvalue weighted by Gasteiger charge is -2.49. The first kappa shape index (κ1) is 18.2. The maximum absolute atomic E-state index is 12.9. The molecule has 2 aliphatic rings. The molecule has 0 bridgehead atoms. The summed E-state index contributed by atoms with van der Waals surface area (Å²) in [6.45, 7) is 5.19. The van der Waals surface area contributed by atoms with Gasteiger partial charge in [0.1, 0.15) is 0 Å². The van der Waals surface area contributed by atoms with E-state index >= 15 is 0 Å². The minimum Gasteiger partial charge on any atom is -0.392 e. The van der Waals surface area contributed by atoms with Gasteiger partial charge in [0, 0.05) is 30.7 Å². The first-order valence-electron chi connectivity index (χ1n) is 10.0. The van der Waals surface area contributed by atoms with E-state index in [2.05, 4.69) is 11.8 Å². The van der Waals surface area contributed by atoms with Gasteiger partial charge in [0.25, 0.3) is 5.91 Å². The van der Waals surface area contributed by atoms with Crippen molar-refractivity contribution < 1.29 is 9.90 Å². The molecule has 1 unspecified atom stereocenters. The Kier molecular flexibility index (Phi) is 5.28. The Morgan fingerprint density at radius 2 is 1.81 bits per heavy atom. The predicted octanol–water partition coefficient (Wildman–Crippen LogP) is 3.54. The molecule has 1 atom stereocenters. The Morgan fingerprint density at radius 3 is 2.56 bits per heavy atom. The van der Waals surface area contributed by atoms with Gasteiger partial charge in [0.2, 0.25) is 0 Å². The number of benzene rings is 2. The number of amides is 1. The summed E-state index contributed by atoms with van der Waals surface area (Å²) in [5.74, 6) is 0.121. The molecule has 4 nitrogen and oxygen atoms in total. The molecule has 2 fully saturated rings. The number of aliphatic hydroxyl groups is 1. The van der Waals surface area contributed by atoms with Crippen molar-refractivity contribution in [3.8, 4) is 11.1 Å². The van der Waals surface area contributed by atoms with Crippen molar-refractivity contribution in [3.63, 3.8) is 0 Å². The Hall–Kier alpha value is -2.17.